The lowest BCUT2D eigenvalue weighted by Crippen LogP contribution is -2.45. The number of aliphatic carboxylic acids is 1. The van der Waals surface area contributed by atoms with Crippen LogP contribution < -0.4 is 10.6 Å². The number of hydrogen-bond acceptors (Lipinski definition) is 3. The molecule has 98 valence electrons. The average molecular weight is 256 g/mol. The number of carbonyl (C=O) groups is 2. The quantitative estimate of drug-likeness (QED) is 0.637. The molecule has 7 heteroatoms. The van der Waals surface area contributed by atoms with Gasteiger partial charge in [-0.15, -0.1) is 0 Å². The zero-order chi connectivity index (χ0) is 13.7. The summed E-state index contributed by atoms with van der Waals surface area (Å²) in [5.74, 6) is -1.87. The molecule has 0 aliphatic rings. The van der Waals surface area contributed by atoms with Crippen LogP contribution in [0.25, 0.3) is 0 Å². The van der Waals surface area contributed by atoms with Crippen LogP contribution in [-0.2, 0) is 4.79 Å². The summed E-state index contributed by atoms with van der Waals surface area (Å²) in [6.45, 7) is 0.922. The molecule has 0 heterocycles. The second-order valence-electron chi connectivity index (χ2n) is 3.69. The van der Waals surface area contributed by atoms with Crippen molar-refractivity contribution in [3.05, 3.63) is 29.6 Å². The first-order valence-electron chi connectivity index (χ1n) is 5.10. The second kappa shape index (κ2) is 5.97. The maximum absolute atomic E-state index is 13.0. The Morgan fingerprint density at radius 2 is 2.06 bits per heavy atom. The van der Waals surface area contributed by atoms with E-state index in [0.29, 0.717) is 5.56 Å². The molecule has 0 aromatic heterocycles. The number of aliphatic hydroxyl groups excluding tert-OH is 1. The Balaban J connectivity index is 2.67. The van der Waals surface area contributed by atoms with Gasteiger partial charge >= 0.3 is 12.0 Å². The van der Waals surface area contributed by atoms with Crippen molar-refractivity contribution in [1.82, 2.24) is 5.32 Å². The Bertz CT molecular complexity index is 444. The number of halogens is 1. The van der Waals surface area contributed by atoms with Crippen LogP contribution in [0.2, 0.25) is 0 Å². The third-order valence-electron chi connectivity index (χ3n) is 2.09. The molecule has 0 saturated heterocycles. The lowest BCUT2D eigenvalue weighted by atomic mass is 10.2. The van der Waals surface area contributed by atoms with Crippen LogP contribution in [0.3, 0.4) is 0 Å². The minimum absolute atomic E-state index is 0.201. The molecule has 0 aliphatic heterocycles. The Morgan fingerprint density at radius 3 is 2.56 bits per heavy atom. The van der Waals surface area contributed by atoms with Gasteiger partial charge in [0.05, 0.1) is 6.61 Å². The standard InChI is InChI=1S/C11H13FN2O4/c1-6-2-7(12)4-8(3-6)13-11(18)14-9(5-15)10(16)17/h2-4,9,15H,5H2,1H3,(H,16,17)(H2,13,14,18). The summed E-state index contributed by atoms with van der Waals surface area (Å²) in [6.07, 6.45) is 0. The number of aliphatic hydroxyl groups is 1. The third-order valence-corrected chi connectivity index (χ3v) is 2.09. The first-order chi connectivity index (χ1) is 8.42. The predicted molar refractivity (Wildman–Crippen MR) is 61.8 cm³/mol. The van der Waals surface area contributed by atoms with Crippen molar-refractivity contribution in [1.29, 1.82) is 0 Å². The summed E-state index contributed by atoms with van der Waals surface area (Å²) in [5, 5.41) is 21.6. The number of hydrogen-bond donors (Lipinski definition) is 4. The molecule has 0 saturated carbocycles. The van der Waals surface area contributed by atoms with Gasteiger partial charge < -0.3 is 20.8 Å². The summed E-state index contributed by atoms with van der Waals surface area (Å²) in [6, 6.07) is 1.68. The van der Waals surface area contributed by atoms with E-state index in [1.165, 1.54) is 12.1 Å². The van der Waals surface area contributed by atoms with Gasteiger partial charge in [0, 0.05) is 5.69 Å². The van der Waals surface area contributed by atoms with Crippen LogP contribution in [0.15, 0.2) is 18.2 Å². The number of benzene rings is 1. The van der Waals surface area contributed by atoms with E-state index in [9.17, 15) is 14.0 Å². The maximum atomic E-state index is 13.0. The normalized spacial score (nSPS) is 11.7. The predicted octanol–water partition coefficient (Wildman–Crippen LogP) is 0.701. The topological polar surface area (TPSA) is 98.7 Å². The summed E-state index contributed by atoms with van der Waals surface area (Å²) in [5.41, 5.74) is 0.814. The summed E-state index contributed by atoms with van der Waals surface area (Å²) < 4.78 is 13.0. The fourth-order valence-corrected chi connectivity index (χ4v) is 1.32. The van der Waals surface area contributed by atoms with E-state index in [1.807, 2.05) is 5.32 Å². The SMILES string of the molecule is Cc1cc(F)cc(NC(=O)NC(CO)C(=O)O)c1. The number of anilines is 1. The van der Waals surface area contributed by atoms with Gasteiger partial charge in [0.25, 0.3) is 0 Å². The number of nitrogens with one attached hydrogen (secondary N) is 2. The van der Waals surface area contributed by atoms with Crippen molar-refractivity contribution in [3.63, 3.8) is 0 Å². The molecule has 1 unspecified atom stereocenters. The number of rotatable bonds is 4. The Hall–Kier alpha value is -2.15. The number of carbonyl (C=O) groups excluding carboxylic acids is 1. The monoisotopic (exact) mass is 256 g/mol. The van der Waals surface area contributed by atoms with Gasteiger partial charge in [-0.25, -0.2) is 14.0 Å². The number of carboxylic acid groups (broad SMARTS) is 1. The minimum Gasteiger partial charge on any atom is -0.480 e. The molecule has 1 aromatic carbocycles. The van der Waals surface area contributed by atoms with Crippen molar-refractivity contribution in [2.75, 3.05) is 11.9 Å². The van der Waals surface area contributed by atoms with Crippen LogP contribution in [0, 0.1) is 12.7 Å². The molecule has 6 nitrogen and oxygen atoms in total. The Kier molecular flexibility index (Phi) is 4.61. The molecular weight excluding hydrogens is 243 g/mol. The van der Waals surface area contributed by atoms with Crippen LogP contribution in [0.1, 0.15) is 5.56 Å². The molecule has 0 bridgehead atoms. The van der Waals surface area contributed by atoms with Crippen molar-refractivity contribution in [2.45, 2.75) is 13.0 Å². The molecule has 0 fully saturated rings. The average Bonchev–Trinajstić information content (AvgIpc) is 2.23. The highest BCUT2D eigenvalue weighted by atomic mass is 19.1. The van der Waals surface area contributed by atoms with Crippen molar-refractivity contribution < 1.29 is 24.2 Å². The van der Waals surface area contributed by atoms with E-state index in [2.05, 4.69) is 5.32 Å². The molecule has 2 amide bonds. The van der Waals surface area contributed by atoms with E-state index < -0.39 is 30.5 Å². The molecule has 0 spiro atoms. The zero-order valence-corrected chi connectivity index (χ0v) is 9.61. The van der Waals surface area contributed by atoms with Gasteiger partial charge in [-0.1, -0.05) is 0 Å². The summed E-state index contributed by atoms with van der Waals surface area (Å²) in [4.78, 5) is 22.0. The first-order valence-corrected chi connectivity index (χ1v) is 5.10. The van der Waals surface area contributed by atoms with Crippen LogP contribution >= 0.6 is 0 Å². The minimum atomic E-state index is -1.40. The fraction of sp³-hybridized carbons (Fsp3) is 0.273. The molecule has 1 aromatic rings. The zero-order valence-electron chi connectivity index (χ0n) is 9.61. The van der Waals surface area contributed by atoms with E-state index >= 15 is 0 Å². The molecule has 1 rings (SSSR count). The van der Waals surface area contributed by atoms with Crippen LogP contribution in [0.4, 0.5) is 14.9 Å². The maximum Gasteiger partial charge on any atom is 0.328 e. The number of aryl methyl sites for hydroxylation is 1. The second-order valence-corrected chi connectivity index (χ2v) is 3.69. The lowest BCUT2D eigenvalue weighted by molar-refractivity contribution is -0.140. The highest BCUT2D eigenvalue weighted by Gasteiger charge is 2.18. The van der Waals surface area contributed by atoms with Gasteiger partial charge in [-0.05, 0) is 30.7 Å². The van der Waals surface area contributed by atoms with Gasteiger partial charge in [0.1, 0.15) is 5.82 Å². The van der Waals surface area contributed by atoms with E-state index in [0.717, 1.165) is 6.07 Å². The molecule has 0 radical (unpaired) electrons. The van der Waals surface area contributed by atoms with Gasteiger partial charge in [0.2, 0.25) is 0 Å². The van der Waals surface area contributed by atoms with E-state index in [-0.39, 0.29) is 5.69 Å². The number of amides is 2. The first kappa shape index (κ1) is 13.9. The van der Waals surface area contributed by atoms with Crippen molar-refractivity contribution in [3.8, 4) is 0 Å². The Morgan fingerprint density at radius 1 is 1.39 bits per heavy atom. The summed E-state index contributed by atoms with van der Waals surface area (Å²) >= 11 is 0. The van der Waals surface area contributed by atoms with Gasteiger partial charge in [-0.2, -0.15) is 0 Å². The number of urea groups is 1. The Labute approximate surface area is 102 Å². The number of carboxylic acids is 1. The summed E-state index contributed by atoms with van der Waals surface area (Å²) in [7, 11) is 0. The lowest BCUT2D eigenvalue weighted by Gasteiger charge is -2.12. The van der Waals surface area contributed by atoms with Crippen molar-refractivity contribution >= 4 is 17.7 Å². The molecule has 0 aliphatic carbocycles. The van der Waals surface area contributed by atoms with E-state index in [4.69, 9.17) is 10.2 Å². The largest absolute Gasteiger partial charge is 0.480 e. The van der Waals surface area contributed by atoms with Crippen LogP contribution in [0.5, 0.6) is 0 Å². The molecule has 4 N–H and O–H groups in total. The molecule has 1 atom stereocenters. The van der Waals surface area contributed by atoms with E-state index in [1.54, 1.807) is 6.92 Å². The third kappa shape index (κ3) is 4.02. The smallest absolute Gasteiger partial charge is 0.328 e. The fourth-order valence-electron chi connectivity index (χ4n) is 1.32. The van der Waals surface area contributed by atoms with Gasteiger partial charge in [0.15, 0.2) is 6.04 Å². The highest BCUT2D eigenvalue weighted by molar-refractivity contribution is 5.92. The highest BCUT2D eigenvalue weighted by Crippen LogP contribution is 2.12. The molecule has 18 heavy (non-hydrogen) atoms. The molecular formula is C11H13FN2O4. The van der Waals surface area contributed by atoms with Gasteiger partial charge in [-0.3, -0.25) is 0 Å². The van der Waals surface area contributed by atoms with Crippen LogP contribution in [-0.4, -0.2) is 34.9 Å². The van der Waals surface area contributed by atoms with Crippen molar-refractivity contribution in [2.24, 2.45) is 0 Å².